The molecule has 1 N–H and O–H groups in total. The van der Waals surface area contributed by atoms with Gasteiger partial charge in [-0.15, -0.1) is 0 Å². The Hall–Kier alpha value is -1.85. The van der Waals surface area contributed by atoms with Gasteiger partial charge < -0.3 is 10.2 Å². The first kappa shape index (κ1) is 15.5. The molecule has 21 heavy (non-hydrogen) atoms. The number of nitrogens with one attached hydrogen (secondary N) is 1. The highest BCUT2D eigenvalue weighted by Gasteiger charge is 2.46. The van der Waals surface area contributed by atoms with E-state index in [-0.39, 0.29) is 17.7 Å². The van der Waals surface area contributed by atoms with E-state index in [1.165, 1.54) is 0 Å². The lowest BCUT2D eigenvalue weighted by molar-refractivity contribution is -0.155. The van der Waals surface area contributed by atoms with Gasteiger partial charge >= 0.3 is 0 Å². The lowest BCUT2D eigenvalue weighted by Gasteiger charge is -2.44. The largest absolute Gasteiger partial charge is 0.340 e. The Morgan fingerprint density at radius 2 is 2.10 bits per heavy atom. The van der Waals surface area contributed by atoms with Crippen LogP contribution in [-0.4, -0.2) is 44.6 Å². The molecule has 2 amide bonds. The summed E-state index contributed by atoms with van der Waals surface area (Å²) in [7, 11) is 0. The van der Waals surface area contributed by atoms with E-state index in [2.05, 4.69) is 10.4 Å². The summed E-state index contributed by atoms with van der Waals surface area (Å²) < 4.78 is 1.78. The molecule has 1 saturated heterocycles. The highest BCUT2D eigenvalue weighted by molar-refractivity contribution is 5.99. The van der Waals surface area contributed by atoms with Crippen LogP contribution in [0, 0.1) is 5.92 Å². The minimum atomic E-state index is -0.842. The molecule has 0 bridgehead atoms. The zero-order valence-electron chi connectivity index (χ0n) is 13.2. The van der Waals surface area contributed by atoms with Gasteiger partial charge in [-0.05, 0) is 25.8 Å². The van der Waals surface area contributed by atoms with E-state index >= 15 is 0 Å². The first-order chi connectivity index (χ1) is 9.86. The monoisotopic (exact) mass is 292 g/mol. The summed E-state index contributed by atoms with van der Waals surface area (Å²) in [5.74, 6) is 0.0386. The number of rotatable bonds is 5. The van der Waals surface area contributed by atoms with Gasteiger partial charge in [0.25, 0.3) is 0 Å². The number of carbonyl (C=O) groups excluding carboxylic acids is 2. The van der Waals surface area contributed by atoms with Gasteiger partial charge in [0.2, 0.25) is 11.8 Å². The minimum Gasteiger partial charge on any atom is -0.340 e. The Morgan fingerprint density at radius 1 is 1.38 bits per heavy atom. The van der Waals surface area contributed by atoms with Crippen LogP contribution in [0.1, 0.15) is 34.1 Å². The molecule has 0 saturated carbocycles. The van der Waals surface area contributed by atoms with Crippen molar-refractivity contribution in [2.75, 3.05) is 6.54 Å². The van der Waals surface area contributed by atoms with Crippen molar-refractivity contribution in [1.82, 2.24) is 20.0 Å². The highest BCUT2D eigenvalue weighted by atomic mass is 16.2. The summed E-state index contributed by atoms with van der Waals surface area (Å²) in [4.78, 5) is 26.8. The lowest BCUT2D eigenvalue weighted by Crippen LogP contribution is -2.69. The standard InChI is InChI=1S/C15H24N4O2/c1-5-11(2)12-13(20)17-15(3,4)14(21)19(12)10-9-18-8-6-7-16-18/h6-8,11-12H,5,9-10H2,1-4H3,(H,17,20). The van der Waals surface area contributed by atoms with Gasteiger partial charge in [0.15, 0.2) is 0 Å². The average molecular weight is 292 g/mol. The Labute approximate surface area is 125 Å². The van der Waals surface area contributed by atoms with E-state index in [0.29, 0.717) is 13.1 Å². The predicted octanol–water partition coefficient (Wildman–Crippen LogP) is 1.03. The second kappa shape index (κ2) is 5.87. The minimum absolute atomic E-state index is 0.0282. The molecule has 2 rings (SSSR count). The predicted molar refractivity (Wildman–Crippen MR) is 79.4 cm³/mol. The number of carbonyl (C=O) groups is 2. The molecule has 116 valence electrons. The van der Waals surface area contributed by atoms with Crippen LogP contribution in [0.4, 0.5) is 0 Å². The van der Waals surface area contributed by atoms with Gasteiger partial charge in [0, 0.05) is 18.9 Å². The van der Waals surface area contributed by atoms with Crippen LogP contribution in [0.5, 0.6) is 0 Å². The summed E-state index contributed by atoms with van der Waals surface area (Å²) in [5.41, 5.74) is -0.842. The molecule has 1 aliphatic rings. The normalized spacial score (nSPS) is 23.0. The van der Waals surface area contributed by atoms with E-state index < -0.39 is 11.6 Å². The van der Waals surface area contributed by atoms with E-state index in [0.717, 1.165) is 6.42 Å². The zero-order chi connectivity index (χ0) is 15.6. The topological polar surface area (TPSA) is 67.2 Å². The Morgan fingerprint density at radius 3 is 2.67 bits per heavy atom. The highest BCUT2D eigenvalue weighted by Crippen LogP contribution is 2.24. The third-order valence-electron chi connectivity index (χ3n) is 4.15. The van der Waals surface area contributed by atoms with E-state index in [9.17, 15) is 9.59 Å². The van der Waals surface area contributed by atoms with Crippen LogP contribution in [0.2, 0.25) is 0 Å². The van der Waals surface area contributed by atoms with Gasteiger partial charge in [-0.2, -0.15) is 5.10 Å². The van der Waals surface area contributed by atoms with Gasteiger partial charge in [-0.25, -0.2) is 0 Å². The molecule has 6 nitrogen and oxygen atoms in total. The van der Waals surface area contributed by atoms with Crippen molar-refractivity contribution >= 4 is 11.8 Å². The van der Waals surface area contributed by atoms with Crippen LogP contribution in [0.3, 0.4) is 0 Å². The summed E-state index contributed by atoms with van der Waals surface area (Å²) >= 11 is 0. The Balaban J connectivity index is 2.20. The summed E-state index contributed by atoms with van der Waals surface area (Å²) in [5, 5.41) is 6.99. The molecule has 6 heteroatoms. The van der Waals surface area contributed by atoms with Crippen LogP contribution in [-0.2, 0) is 16.1 Å². The second-order valence-electron chi connectivity index (χ2n) is 6.21. The van der Waals surface area contributed by atoms with E-state index in [1.54, 1.807) is 29.6 Å². The van der Waals surface area contributed by atoms with Crippen LogP contribution in [0.25, 0.3) is 0 Å². The van der Waals surface area contributed by atoms with Gasteiger partial charge in [0.05, 0.1) is 6.54 Å². The lowest BCUT2D eigenvalue weighted by atomic mass is 9.89. The molecule has 1 aromatic rings. The van der Waals surface area contributed by atoms with E-state index in [1.807, 2.05) is 26.1 Å². The maximum absolute atomic E-state index is 12.7. The molecule has 1 aromatic heterocycles. The number of hydrogen-bond donors (Lipinski definition) is 1. The summed E-state index contributed by atoms with van der Waals surface area (Å²) in [6, 6.07) is 1.45. The van der Waals surface area contributed by atoms with Crippen molar-refractivity contribution < 1.29 is 9.59 Å². The van der Waals surface area contributed by atoms with Gasteiger partial charge in [-0.3, -0.25) is 14.3 Å². The maximum Gasteiger partial charge on any atom is 0.248 e. The van der Waals surface area contributed by atoms with Gasteiger partial charge in [-0.1, -0.05) is 20.3 Å². The number of hydrogen-bond acceptors (Lipinski definition) is 3. The first-order valence-electron chi connectivity index (χ1n) is 7.47. The van der Waals surface area contributed by atoms with Gasteiger partial charge in [0.1, 0.15) is 11.6 Å². The molecule has 2 atom stereocenters. The Bertz CT molecular complexity index is 510. The molecule has 0 aromatic carbocycles. The fraction of sp³-hybridized carbons (Fsp3) is 0.667. The second-order valence-corrected chi connectivity index (χ2v) is 6.21. The third kappa shape index (κ3) is 3.09. The molecule has 1 aliphatic heterocycles. The van der Waals surface area contributed by atoms with Crippen molar-refractivity contribution in [1.29, 1.82) is 0 Å². The van der Waals surface area contributed by atoms with Crippen molar-refractivity contribution in [3.8, 4) is 0 Å². The zero-order valence-corrected chi connectivity index (χ0v) is 13.2. The van der Waals surface area contributed by atoms with Crippen LogP contribution in [0.15, 0.2) is 18.5 Å². The molecule has 0 radical (unpaired) electrons. The maximum atomic E-state index is 12.7. The molecular weight excluding hydrogens is 268 g/mol. The van der Waals surface area contributed by atoms with Crippen molar-refractivity contribution in [2.24, 2.45) is 5.92 Å². The quantitative estimate of drug-likeness (QED) is 0.881. The number of piperazine rings is 1. The van der Waals surface area contributed by atoms with Crippen molar-refractivity contribution in [3.05, 3.63) is 18.5 Å². The third-order valence-corrected chi connectivity index (χ3v) is 4.15. The fourth-order valence-corrected chi connectivity index (χ4v) is 2.73. The first-order valence-corrected chi connectivity index (χ1v) is 7.47. The number of nitrogens with zero attached hydrogens (tertiary/aromatic N) is 3. The molecular formula is C15H24N4O2. The summed E-state index contributed by atoms with van der Waals surface area (Å²) in [6.45, 7) is 8.63. The molecule has 0 aliphatic carbocycles. The average Bonchev–Trinajstić information content (AvgIpc) is 2.93. The fourth-order valence-electron chi connectivity index (χ4n) is 2.73. The SMILES string of the molecule is CCC(C)C1C(=O)NC(C)(C)C(=O)N1CCn1cccn1. The van der Waals surface area contributed by atoms with Crippen molar-refractivity contribution in [2.45, 2.75) is 52.2 Å². The molecule has 2 heterocycles. The van der Waals surface area contributed by atoms with Crippen LogP contribution >= 0.6 is 0 Å². The number of aromatic nitrogens is 2. The Kier molecular flexibility index (Phi) is 4.34. The molecule has 1 fully saturated rings. The summed E-state index contributed by atoms with van der Waals surface area (Å²) in [6.07, 6.45) is 4.42. The van der Waals surface area contributed by atoms with Crippen molar-refractivity contribution in [3.63, 3.8) is 0 Å². The van der Waals surface area contributed by atoms with E-state index in [4.69, 9.17) is 0 Å². The van der Waals surface area contributed by atoms with Crippen LogP contribution < -0.4 is 5.32 Å². The smallest absolute Gasteiger partial charge is 0.248 e. The number of amides is 2. The molecule has 0 spiro atoms. The molecule has 2 unspecified atom stereocenters.